The quantitative estimate of drug-likeness (QED) is 0.766. The molecular formula is C20H22O2. The summed E-state index contributed by atoms with van der Waals surface area (Å²) in [6.07, 6.45) is 4.62. The zero-order valence-electron chi connectivity index (χ0n) is 13.3. The number of fused-ring (bicyclic) bond motifs is 1. The molecule has 0 N–H and O–H groups in total. The van der Waals surface area contributed by atoms with Crippen molar-refractivity contribution in [3.05, 3.63) is 58.7 Å². The van der Waals surface area contributed by atoms with Crippen molar-refractivity contribution in [1.29, 1.82) is 0 Å². The molecule has 0 saturated carbocycles. The second-order valence-electron chi connectivity index (χ2n) is 5.96. The van der Waals surface area contributed by atoms with Crippen LogP contribution in [0.1, 0.15) is 46.8 Å². The molecule has 2 aromatic rings. The molecular weight excluding hydrogens is 272 g/mol. The lowest BCUT2D eigenvalue weighted by molar-refractivity contribution is 0.0527. The summed E-state index contributed by atoms with van der Waals surface area (Å²) in [5, 5.41) is 0. The summed E-state index contributed by atoms with van der Waals surface area (Å²) in [7, 11) is 0. The highest BCUT2D eigenvalue weighted by atomic mass is 16.5. The van der Waals surface area contributed by atoms with Crippen molar-refractivity contribution in [2.75, 3.05) is 6.61 Å². The summed E-state index contributed by atoms with van der Waals surface area (Å²) >= 11 is 0. The van der Waals surface area contributed by atoms with Crippen molar-refractivity contribution in [2.45, 2.75) is 39.5 Å². The molecule has 2 heteroatoms. The highest BCUT2D eigenvalue weighted by Gasteiger charge is 2.19. The van der Waals surface area contributed by atoms with Crippen molar-refractivity contribution in [1.82, 2.24) is 0 Å². The Hall–Kier alpha value is -2.09. The van der Waals surface area contributed by atoms with Crippen LogP contribution in [0.15, 0.2) is 36.4 Å². The number of carbonyl (C=O) groups is 1. The minimum atomic E-state index is -0.216. The lowest BCUT2D eigenvalue weighted by Crippen LogP contribution is -2.11. The molecule has 1 aliphatic rings. The Morgan fingerprint density at radius 2 is 1.68 bits per heavy atom. The fourth-order valence-electron chi connectivity index (χ4n) is 3.14. The van der Waals surface area contributed by atoms with E-state index in [1.165, 1.54) is 29.5 Å². The molecule has 0 spiro atoms. The van der Waals surface area contributed by atoms with Gasteiger partial charge in [0.1, 0.15) is 0 Å². The first-order valence-corrected chi connectivity index (χ1v) is 8.09. The number of carbonyl (C=O) groups excluding carboxylic acids is 1. The molecule has 0 atom stereocenters. The highest BCUT2D eigenvalue weighted by molar-refractivity contribution is 5.98. The van der Waals surface area contributed by atoms with E-state index in [1.807, 2.05) is 6.92 Å². The van der Waals surface area contributed by atoms with Gasteiger partial charge in [-0.2, -0.15) is 0 Å². The van der Waals surface area contributed by atoms with Crippen molar-refractivity contribution < 1.29 is 9.53 Å². The lowest BCUT2D eigenvalue weighted by atomic mass is 9.86. The molecule has 2 nitrogen and oxygen atoms in total. The Balaban J connectivity index is 2.12. The smallest absolute Gasteiger partial charge is 0.338 e. The van der Waals surface area contributed by atoms with E-state index >= 15 is 0 Å². The van der Waals surface area contributed by atoms with Gasteiger partial charge < -0.3 is 4.74 Å². The molecule has 0 radical (unpaired) electrons. The molecule has 114 valence electrons. The molecule has 0 aliphatic heterocycles. The van der Waals surface area contributed by atoms with Gasteiger partial charge in [-0.1, -0.05) is 35.9 Å². The van der Waals surface area contributed by atoms with Gasteiger partial charge in [-0.15, -0.1) is 0 Å². The minimum Gasteiger partial charge on any atom is -0.462 e. The van der Waals surface area contributed by atoms with E-state index in [-0.39, 0.29) is 5.97 Å². The standard InChI is InChI=1S/C20H22O2/c1-3-22-20(21)19-13-17-7-5-4-6-16(17)12-18(19)15-10-8-14(2)9-11-15/h8-13H,3-7H2,1-2H3. The van der Waals surface area contributed by atoms with Gasteiger partial charge in [-0.3, -0.25) is 0 Å². The lowest BCUT2D eigenvalue weighted by Gasteiger charge is -2.19. The van der Waals surface area contributed by atoms with Crippen LogP contribution >= 0.6 is 0 Å². The van der Waals surface area contributed by atoms with Crippen LogP contribution in [0.5, 0.6) is 0 Å². The van der Waals surface area contributed by atoms with Crippen molar-refractivity contribution in [3.8, 4) is 11.1 Å². The number of hydrogen-bond donors (Lipinski definition) is 0. The maximum Gasteiger partial charge on any atom is 0.338 e. The maximum atomic E-state index is 12.4. The average Bonchev–Trinajstić information content (AvgIpc) is 2.54. The van der Waals surface area contributed by atoms with Gasteiger partial charge in [0.05, 0.1) is 12.2 Å². The predicted octanol–water partition coefficient (Wildman–Crippen LogP) is 4.72. The molecule has 0 heterocycles. The first-order chi connectivity index (χ1) is 10.7. The van der Waals surface area contributed by atoms with Gasteiger partial charge in [0.2, 0.25) is 0 Å². The molecule has 0 saturated heterocycles. The first-order valence-electron chi connectivity index (χ1n) is 8.09. The highest BCUT2D eigenvalue weighted by Crippen LogP contribution is 2.31. The van der Waals surface area contributed by atoms with Gasteiger partial charge in [0, 0.05) is 0 Å². The van der Waals surface area contributed by atoms with Crippen molar-refractivity contribution in [2.24, 2.45) is 0 Å². The summed E-state index contributed by atoms with van der Waals surface area (Å²) in [6.45, 7) is 4.33. The van der Waals surface area contributed by atoms with E-state index in [1.54, 1.807) is 0 Å². The normalized spacial score (nSPS) is 13.5. The Labute approximate surface area is 132 Å². The summed E-state index contributed by atoms with van der Waals surface area (Å²) in [5.41, 5.74) is 6.70. The second-order valence-corrected chi connectivity index (χ2v) is 5.96. The van der Waals surface area contributed by atoms with Crippen LogP contribution in [0.4, 0.5) is 0 Å². The monoisotopic (exact) mass is 294 g/mol. The van der Waals surface area contributed by atoms with Gasteiger partial charge >= 0.3 is 5.97 Å². The van der Waals surface area contributed by atoms with Crippen LogP contribution in [0.2, 0.25) is 0 Å². The summed E-state index contributed by atoms with van der Waals surface area (Å²) < 4.78 is 5.27. The van der Waals surface area contributed by atoms with Crippen LogP contribution in [0, 0.1) is 6.92 Å². The van der Waals surface area contributed by atoms with Crippen LogP contribution in [-0.4, -0.2) is 12.6 Å². The molecule has 0 amide bonds. The van der Waals surface area contributed by atoms with E-state index in [9.17, 15) is 4.79 Å². The first kappa shape index (κ1) is 14.8. The Morgan fingerprint density at radius 1 is 1.05 bits per heavy atom. The Bertz CT molecular complexity index is 684. The van der Waals surface area contributed by atoms with Gasteiger partial charge in [-0.05, 0) is 67.9 Å². The topological polar surface area (TPSA) is 26.3 Å². The third kappa shape index (κ3) is 2.92. The van der Waals surface area contributed by atoms with Crippen molar-refractivity contribution >= 4 is 5.97 Å². The minimum absolute atomic E-state index is 0.216. The number of ether oxygens (including phenoxy) is 1. The van der Waals surface area contributed by atoms with Crippen molar-refractivity contribution in [3.63, 3.8) is 0 Å². The summed E-state index contributed by atoms with van der Waals surface area (Å²) in [6, 6.07) is 12.6. The van der Waals surface area contributed by atoms with Gasteiger partial charge in [0.25, 0.3) is 0 Å². The van der Waals surface area contributed by atoms with Gasteiger partial charge in [0.15, 0.2) is 0 Å². The molecule has 1 aliphatic carbocycles. The zero-order valence-corrected chi connectivity index (χ0v) is 13.3. The number of rotatable bonds is 3. The number of esters is 1. The molecule has 0 bridgehead atoms. The van der Waals surface area contributed by atoms with E-state index < -0.39 is 0 Å². The van der Waals surface area contributed by atoms with E-state index in [0.29, 0.717) is 12.2 Å². The van der Waals surface area contributed by atoms with E-state index in [0.717, 1.165) is 24.0 Å². The fraction of sp³-hybridized carbons (Fsp3) is 0.350. The molecule has 2 aromatic carbocycles. The average molecular weight is 294 g/mol. The van der Waals surface area contributed by atoms with E-state index in [2.05, 4.69) is 43.3 Å². The third-order valence-corrected chi connectivity index (χ3v) is 4.34. The number of hydrogen-bond acceptors (Lipinski definition) is 2. The maximum absolute atomic E-state index is 12.4. The Morgan fingerprint density at radius 3 is 2.32 bits per heavy atom. The van der Waals surface area contributed by atoms with Crippen LogP contribution in [-0.2, 0) is 17.6 Å². The molecule has 22 heavy (non-hydrogen) atoms. The van der Waals surface area contributed by atoms with Crippen LogP contribution < -0.4 is 0 Å². The largest absolute Gasteiger partial charge is 0.462 e. The molecule has 0 unspecified atom stereocenters. The third-order valence-electron chi connectivity index (χ3n) is 4.34. The number of benzene rings is 2. The predicted molar refractivity (Wildman–Crippen MR) is 89.2 cm³/mol. The zero-order chi connectivity index (χ0) is 15.5. The molecule has 3 rings (SSSR count). The Kier molecular flexibility index (Phi) is 4.28. The summed E-state index contributed by atoms with van der Waals surface area (Å²) in [5.74, 6) is -0.216. The number of aryl methyl sites for hydroxylation is 3. The fourth-order valence-corrected chi connectivity index (χ4v) is 3.14. The molecule has 0 aromatic heterocycles. The summed E-state index contributed by atoms with van der Waals surface area (Å²) in [4.78, 5) is 12.4. The van der Waals surface area contributed by atoms with E-state index in [4.69, 9.17) is 4.74 Å². The SMILES string of the molecule is CCOC(=O)c1cc2c(cc1-c1ccc(C)cc1)CCCC2. The van der Waals surface area contributed by atoms with Gasteiger partial charge in [-0.25, -0.2) is 4.79 Å². The van der Waals surface area contributed by atoms with Crippen LogP contribution in [0.25, 0.3) is 11.1 Å². The molecule has 0 fully saturated rings. The second kappa shape index (κ2) is 6.35. The van der Waals surface area contributed by atoms with Crippen LogP contribution in [0.3, 0.4) is 0 Å².